The van der Waals surface area contributed by atoms with Crippen molar-refractivity contribution in [1.82, 2.24) is 0 Å². The lowest BCUT2D eigenvalue weighted by Crippen LogP contribution is -2.07. The molecule has 1 nitrogen and oxygen atoms in total. The molecule has 0 bridgehead atoms. The van der Waals surface area contributed by atoms with Gasteiger partial charge in [-0.05, 0) is 23.8 Å². The number of phenols is 1. The van der Waals surface area contributed by atoms with Crippen LogP contribution in [0.25, 0.3) is 11.1 Å². The molecule has 0 aliphatic carbocycles. The zero-order chi connectivity index (χ0) is 14.2. The van der Waals surface area contributed by atoms with E-state index in [2.05, 4.69) is 0 Å². The summed E-state index contributed by atoms with van der Waals surface area (Å²) < 4.78 is 65.2. The Morgan fingerprint density at radius 3 is 2.05 bits per heavy atom. The summed E-state index contributed by atoms with van der Waals surface area (Å²) in [6.07, 6.45) is -4.68. The molecular formula is C13H7F5O. The Hall–Kier alpha value is -2.11. The molecule has 0 aliphatic heterocycles. The highest BCUT2D eigenvalue weighted by atomic mass is 19.4. The van der Waals surface area contributed by atoms with E-state index in [1.165, 1.54) is 6.07 Å². The molecule has 0 atom stereocenters. The topological polar surface area (TPSA) is 20.2 Å². The van der Waals surface area contributed by atoms with Crippen molar-refractivity contribution in [3.05, 3.63) is 53.6 Å². The minimum atomic E-state index is -4.68. The molecule has 0 unspecified atom stereocenters. The predicted molar refractivity (Wildman–Crippen MR) is 58.5 cm³/mol. The fourth-order valence-electron chi connectivity index (χ4n) is 1.71. The van der Waals surface area contributed by atoms with E-state index >= 15 is 0 Å². The van der Waals surface area contributed by atoms with Crippen molar-refractivity contribution in [2.45, 2.75) is 6.18 Å². The second kappa shape index (κ2) is 4.53. The Kier molecular flexibility index (Phi) is 3.18. The van der Waals surface area contributed by atoms with Gasteiger partial charge in [-0.15, -0.1) is 0 Å². The maximum atomic E-state index is 13.6. The Morgan fingerprint density at radius 1 is 0.789 bits per heavy atom. The third kappa shape index (κ3) is 2.38. The molecule has 0 saturated carbocycles. The van der Waals surface area contributed by atoms with Crippen LogP contribution in [0.5, 0.6) is 5.75 Å². The highest BCUT2D eigenvalue weighted by Gasteiger charge is 2.34. The lowest BCUT2D eigenvalue weighted by atomic mass is 9.98. The molecule has 19 heavy (non-hydrogen) atoms. The Labute approximate surface area is 104 Å². The monoisotopic (exact) mass is 274 g/mol. The summed E-state index contributed by atoms with van der Waals surface area (Å²) in [5, 5.41) is 8.96. The minimum Gasteiger partial charge on any atom is -0.505 e. The highest BCUT2D eigenvalue weighted by molar-refractivity contribution is 5.69. The summed E-state index contributed by atoms with van der Waals surface area (Å²) in [6.45, 7) is 0. The van der Waals surface area contributed by atoms with Crippen LogP contribution in [0, 0.1) is 11.6 Å². The van der Waals surface area contributed by atoms with E-state index in [0.717, 1.165) is 30.3 Å². The first-order chi connectivity index (χ1) is 8.82. The van der Waals surface area contributed by atoms with Gasteiger partial charge in [0.1, 0.15) is 0 Å². The van der Waals surface area contributed by atoms with Crippen LogP contribution >= 0.6 is 0 Å². The molecule has 2 aromatic rings. The van der Waals surface area contributed by atoms with Crippen molar-refractivity contribution >= 4 is 0 Å². The molecule has 2 rings (SSSR count). The van der Waals surface area contributed by atoms with Gasteiger partial charge in [0.2, 0.25) is 5.82 Å². The summed E-state index contributed by atoms with van der Waals surface area (Å²) in [5.74, 6) is -4.04. The first-order valence-electron chi connectivity index (χ1n) is 5.16. The fraction of sp³-hybridized carbons (Fsp3) is 0.0769. The summed E-state index contributed by atoms with van der Waals surface area (Å²) in [7, 11) is 0. The van der Waals surface area contributed by atoms with Gasteiger partial charge < -0.3 is 5.11 Å². The van der Waals surface area contributed by atoms with E-state index in [9.17, 15) is 22.0 Å². The second-order valence-electron chi connectivity index (χ2n) is 3.80. The van der Waals surface area contributed by atoms with Crippen LogP contribution in [0.3, 0.4) is 0 Å². The van der Waals surface area contributed by atoms with Crippen LogP contribution in [0.15, 0.2) is 36.4 Å². The zero-order valence-corrected chi connectivity index (χ0v) is 9.30. The van der Waals surface area contributed by atoms with E-state index < -0.39 is 40.3 Å². The molecule has 6 heteroatoms. The minimum absolute atomic E-state index is 0.480. The first-order valence-corrected chi connectivity index (χ1v) is 5.16. The van der Waals surface area contributed by atoms with Crippen LogP contribution < -0.4 is 0 Å². The second-order valence-corrected chi connectivity index (χ2v) is 3.80. The van der Waals surface area contributed by atoms with Crippen LogP contribution in [0.4, 0.5) is 22.0 Å². The standard InChI is InChI=1S/C13H7F5O/c14-11-8(5-6-10(19)12(11)15)7-3-1-2-4-9(7)13(16,17)18/h1-6,19H. The van der Waals surface area contributed by atoms with Gasteiger partial charge in [-0.1, -0.05) is 18.2 Å². The van der Waals surface area contributed by atoms with Crippen LogP contribution in [-0.4, -0.2) is 5.11 Å². The lowest BCUT2D eigenvalue weighted by molar-refractivity contribution is -0.137. The Bertz CT molecular complexity index is 619. The molecule has 0 heterocycles. The van der Waals surface area contributed by atoms with Crippen LogP contribution in [0.2, 0.25) is 0 Å². The largest absolute Gasteiger partial charge is 0.505 e. The summed E-state index contributed by atoms with van der Waals surface area (Å²) in [5.41, 5.74) is -2.10. The van der Waals surface area contributed by atoms with E-state index in [4.69, 9.17) is 5.11 Å². The zero-order valence-electron chi connectivity index (χ0n) is 9.30. The Balaban J connectivity index is 2.70. The van der Waals surface area contributed by atoms with Crippen molar-refractivity contribution in [1.29, 1.82) is 0 Å². The smallest absolute Gasteiger partial charge is 0.417 e. The summed E-state index contributed by atoms with van der Waals surface area (Å²) in [4.78, 5) is 0. The van der Waals surface area contributed by atoms with Gasteiger partial charge in [-0.3, -0.25) is 0 Å². The average molecular weight is 274 g/mol. The van der Waals surface area contributed by atoms with Gasteiger partial charge in [0.25, 0.3) is 0 Å². The van der Waals surface area contributed by atoms with Crippen molar-refractivity contribution in [2.75, 3.05) is 0 Å². The van der Waals surface area contributed by atoms with Gasteiger partial charge in [0.05, 0.1) is 5.56 Å². The highest BCUT2D eigenvalue weighted by Crippen LogP contribution is 2.39. The van der Waals surface area contributed by atoms with Gasteiger partial charge in [-0.2, -0.15) is 17.6 Å². The maximum absolute atomic E-state index is 13.6. The average Bonchev–Trinajstić information content (AvgIpc) is 2.35. The van der Waals surface area contributed by atoms with Crippen LogP contribution in [0.1, 0.15) is 5.56 Å². The van der Waals surface area contributed by atoms with E-state index in [1.807, 2.05) is 0 Å². The van der Waals surface area contributed by atoms with Crippen molar-refractivity contribution in [3.8, 4) is 16.9 Å². The SMILES string of the molecule is Oc1ccc(-c2ccccc2C(F)(F)F)c(F)c1F. The quantitative estimate of drug-likeness (QED) is 0.766. The van der Waals surface area contributed by atoms with Crippen molar-refractivity contribution < 1.29 is 27.1 Å². The molecule has 0 amide bonds. The van der Waals surface area contributed by atoms with Gasteiger partial charge >= 0.3 is 6.18 Å². The van der Waals surface area contributed by atoms with Gasteiger partial charge in [-0.25, -0.2) is 4.39 Å². The number of aromatic hydroxyl groups is 1. The van der Waals surface area contributed by atoms with Crippen LogP contribution in [-0.2, 0) is 6.18 Å². The molecule has 0 aromatic heterocycles. The van der Waals surface area contributed by atoms with Crippen molar-refractivity contribution in [3.63, 3.8) is 0 Å². The third-order valence-corrected chi connectivity index (χ3v) is 2.58. The molecule has 100 valence electrons. The maximum Gasteiger partial charge on any atom is 0.417 e. The number of alkyl halides is 3. The molecule has 1 N–H and O–H groups in total. The predicted octanol–water partition coefficient (Wildman–Crippen LogP) is 4.36. The number of hydrogen-bond acceptors (Lipinski definition) is 1. The molecule has 2 aromatic carbocycles. The summed E-state index contributed by atoms with van der Waals surface area (Å²) in [6, 6.07) is 5.96. The molecule has 0 spiro atoms. The Morgan fingerprint density at radius 2 is 1.42 bits per heavy atom. The van der Waals surface area contributed by atoms with E-state index in [-0.39, 0.29) is 0 Å². The number of rotatable bonds is 1. The first kappa shape index (κ1) is 13.3. The normalized spacial score (nSPS) is 11.6. The molecule has 0 radical (unpaired) electrons. The van der Waals surface area contributed by atoms with Crippen molar-refractivity contribution in [2.24, 2.45) is 0 Å². The van der Waals surface area contributed by atoms with Gasteiger partial charge in [0, 0.05) is 5.56 Å². The number of hydrogen-bond donors (Lipinski definition) is 1. The number of phenolic OH excluding ortho intramolecular Hbond substituents is 1. The number of halogens is 5. The number of benzene rings is 2. The molecule has 0 saturated heterocycles. The van der Waals surface area contributed by atoms with E-state index in [0.29, 0.717) is 0 Å². The summed E-state index contributed by atoms with van der Waals surface area (Å²) >= 11 is 0. The molecule has 0 aliphatic rings. The fourth-order valence-corrected chi connectivity index (χ4v) is 1.71. The third-order valence-electron chi connectivity index (χ3n) is 2.58. The molecular weight excluding hydrogens is 267 g/mol. The molecule has 0 fully saturated rings. The van der Waals surface area contributed by atoms with Gasteiger partial charge in [0.15, 0.2) is 11.6 Å². The lowest BCUT2D eigenvalue weighted by Gasteiger charge is -2.13. The van der Waals surface area contributed by atoms with E-state index in [1.54, 1.807) is 0 Å².